The number of ether oxygens (including phenoxy) is 7. The molecule has 0 aliphatic heterocycles. The number of hydrogen-bond acceptors (Lipinski definition) is 23. The highest BCUT2D eigenvalue weighted by Gasteiger charge is 2.40. The van der Waals surface area contributed by atoms with Gasteiger partial charge in [-0.25, -0.2) is 18.7 Å². The number of halogens is 2. The van der Waals surface area contributed by atoms with Gasteiger partial charge in [0.25, 0.3) is 35.4 Å². The lowest BCUT2D eigenvalue weighted by Gasteiger charge is -2.43. The molecule has 0 radical (unpaired) electrons. The van der Waals surface area contributed by atoms with Crippen LogP contribution in [0.2, 0.25) is 0 Å². The fourth-order valence-electron chi connectivity index (χ4n) is 14.8. The second-order valence-corrected chi connectivity index (χ2v) is 36.3. The number of carbonyl (C=O) groups is 6. The Balaban J connectivity index is 0.000000145. The van der Waals surface area contributed by atoms with Crippen LogP contribution >= 0.6 is 22.7 Å². The summed E-state index contributed by atoms with van der Waals surface area (Å²) < 4.78 is 65.0. The van der Waals surface area contributed by atoms with Gasteiger partial charge in [0.05, 0.1) is 80.2 Å². The number of hydrogen-bond donors (Lipinski definition) is 6. The van der Waals surface area contributed by atoms with Crippen molar-refractivity contribution < 1.29 is 70.7 Å². The largest absolute Gasteiger partial charge is 0.497 e. The Morgan fingerprint density at radius 2 is 0.674 bits per heavy atom. The van der Waals surface area contributed by atoms with Crippen molar-refractivity contribution >= 4 is 68.4 Å². The Bertz CT molecular complexity index is 6300. The van der Waals surface area contributed by atoms with Crippen LogP contribution < -0.4 is 65.1 Å². The van der Waals surface area contributed by atoms with Crippen LogP contribution in [0.15, 0.2) is 327 Å². The highest BCUT2D eigenvalue weighted by Crippen LogP contribution is 2.42. The Labute approximate surface area is 844 Å². The predicted octanol–water partition coefficient (Wildman–Crippen LogP) is 22.5. The molecule has 31 heteroatoms. The van der Waals surface area contributed by atoms with Gasteiger partial charge in [0.15, 0.2) is 10.3 Å². The summed E-state index contributed by atoms with van der Waals surface area (Å²) in [6.07, 6.45) is 25.3. The first kappa shape index (κ1) is 105. The van der Waals surface area contributed by atoms with E-state index in [-0.39, 0.29) is 77.9 Å². The fraction of sp³-hybridized carbons (Fsp3) is 0.257. The van der Waals surface area contributed by atoms with Gasteiger partial charge in [-0.3, -0.25) is 69.3 Å². The first-order valence-electron chi connectivity index (χ1n) is 47.7. The second-order valence-electron chi connectivity index (χ2n) is 34.5. The number of rotatable bonds is 36. The predicted molar refractivity (Wildman–Crippen MR) is 551 cm³/mol. The molecule has 15 aromatic rings. The molecule has 742 valence electrons. The number of nitrogens with zero attached hydrogens (tertiary/aromatic N) is 8. The minimum atomic E-state index is -0.346. The van der Waals surface area contributed by atoms with Crippen molar-refractivity contribution in [1.82, 2.24) is 61.1 Å². The molecular formula is C113H116F2N14O13S2. The van der Waals surface area contributed by atoms with Crippen molar-refractivity contribution in [3.05, 3.63) is 412 Å². The van der Waals surface area contributed by atoms with Crippen LogP contribution in [0.1, 0.15) is 200 Å². The summed E-state index contributed by atoms with van der Waals surface area (Å²) in [5, 5.41) is 22.4. The topological polar surface area (TPSA) is 342 Å². The number of thiazole rings is 2. The Morgan fingerprint density at radius 1 is 0.347 bits per heavy atom. The lowest BCUT2D eigenvalue weighted by Crippen LogP contribution is -2.50. The number of amides is 6. The van der Waals surface area contributed by atoms with Gasteiger partial charge < -0.3 is 54.4 Å². The standard InChI is InChI=1S/C23H21FN2O2.C22H28N2O3.C18H19FN2O2.C18H22N2O2.2C16H13N3O2S/c24-19-8-4-9-21(14-19)28-16-20-11-10-17(15-25-20)22(27)26-23(12-5-13-23)18-6-2-1-3-7-18;1-16(17-7-4-3-5-8-17)24-22(25)18-11-12-19(23-14-18)15-27-21-10-6-9-20(13-21)26-2;1-12(13-5-6-13)21-18(22)14-7-8-16(20-10-14)11-23-17-4-2-3-15(19)9-17;1-14(2)10-11-19-18(21)15-8-9-16(20-12-15)13-22-17-6-4-3-5-7-17;2*20-15(19-16-17-8-9-22-16)12-6-7-13(18-10-12)11-21-14-4-2-1-3-5-14/h1-4,6-11,14-15H,5,12-13,16H2,(H,26,27);6,9-14,16-17H,3-5,7-8,15H2,1-2H3,(H,24,25);2-4,7-10,12-13H,5-6,11H2,1H3,(H,21,22);3-9,12,14H,10-11,13H2,1-2H3,(H,19,21);2*1-10H,11H2,(H,17,19,20)/t;16-;12-;;;/m.11.../s1. The van der Waals surface area contributed by atoms with E-state index in [1.54, 1.807) is 140 Å². The summed E-state index contributed by atoms with van der Waals surface area (Å²) in [7, 11) is 1.62. The van der Waals surface area contributed by atoms with E-state index in [1.165, 1.54) is 104 Å². The molecule has 3 aliphatic rings. The van der Waals surface area contributed by atoms with Crippen LogP contribution in [0, 0.1) is 29.4 Å². The van der Waals surface area contributed by atoms with Gasteiger partial charge in [0.2, 0.25) is 0 Å². The van der Waals surface area contributed by atoms with Crippen molar-refractivity contribution in [3.8, 4) is 40.2 Å². The molecule has 0 bridgehead atoms. The zero-order chi connectivity index (χ0) is 101. The number of benzene rings is 7. The van der Waals surface area contributed by atoms with Crippen LogP contribution in [-0.4, -0.2) is 101 Å². The summed E-state index contributed by atoms with van der Waals surface area (Å²) in [5.41, 5.74) is 8.47. The highest BCUT2D eigenvalue weighted by atomic mass is 32.1. The fourth-order valence-corrected chi connectivity index (χ4v) is 15.8. The zero-order valence-electron chi connectivity index (χ0n) is 80.7. The maximum Gasteiger partial charge on any atom is 0.259 e. The Morgan fingerprint density at radius 3 is 1.00 bits per heavy atom. The normalized spacial score (nSPS) is 12.9. The van der Waals surface area contributed by atoms with Crippen LogP contribution in [0.4, 0.5) is 19.0 Å². The molecule has 3 aliphatic carbocycles. The van der Waals surface area contributed by atoms with Gasteiger partial charge in [-0.15, -0.1) is 22.7 Å². The number of para-hydroxylation sites is 3. The van der Waals surface area contributed by atoms with Crippen LogP contribution in [0.25, 0.3) is 0 Å². The molecular weight excluding hydrogens is 1860 g/mol. The number of pyridine rings is 6. The summed E-state index contributed by atoms with van der Waals surface area (Å²) in [6.45, 7) is 11.0. The number of aromatic nitrogens is 8. The maximum absolute atomic E-state index is 13.2. The van der Waals surface area contributed by atoms with E-state index in [0.717, 1.165) is 82.8 Å². The Hall–Kier alpha value is -16.0. The number of carbonyl (C=O) groups excluding carboxylic acids is 6. The molecule has 18 rings (SSSR count). The van der Waals surface area contributed by atoms with Crippen molar-refractivity contribution in [2.75, 3.05) is 24.3 Å². The lowest BCUT2D eigenvalue weighted by molar-refractivity contribution is 0.0820. The minimum Gasteiger partial charge on any atom is -0.497 e. The molecule has 6 N–H and O–H groups in total. The van der Waals surface area contributed by atoms with Crippen LogP contribution in [0.5, 0.6) is 40.2 Å². The third-order valence-corrected chi connectivity index (χ3v) is 24.7. The van der Waals surface area contributed by atoms with E-state index in [1.807, 2.05) is 153 Å². The van der Waals surface area contributed by atoms with Gasteiger partial charge in [-0.05, 0) is 234 Å². The van der Waals surface area contributed by atoms with Crippen molar-refractivity contribution in [2.45, 2.75) is 156 Å². The average Bonchev–Trinajstić information content (AvgIpc) is 1.01. The van der Waals surface area contributed by atoms with E-state index in [0.29, 0.717) is 117 Å². The zero-order valence-corrected chi connectivity index (χ0v) is 82.4. The van der Waals surface area contributed by atoms with Gasteiger partial charge in [-0.2, -0.15) is 0 Å². The van der Waals surface area contributed by atoms with Crippen molar-refractivity contribution in [2.24, 2.45) is 17.8 Å². The lowest BCUT2D eigenvalue weighted by atomic mass is 9.71. The van der Waals surface area contributed by atoms with Crippen molar-refractivity contribution in [1.29, 1.82) is 0 Å². The quantitative estimate of drug-likeness (QED) is 0.0212. The highest BCUT2D eigenvalue weighted by molar-refractivity contribution is 7.14. The molecule has 3 saturated carbocycles. The van der Waals surface area contributed by atoms with E-state index in [9.17, 15) is 37.5 Å². The average molecular weight is 1980 g/mol. The molecule has 6 amide bonds. The molecule has 27 nitrogen and oxygen atoms in total. The molecule has 3 fully saturated rings. The molecule has 0 saturated heterocycles. The number of methoxy groups -OCH3 is 1. The van der Waals surface area contributed by atoms with Gasteiger partial charge >= 0.3 is 0 Å². The number of anilines is 2. The molecule has 8 heterocycles. The molecule has 0 unspecified atom stereocenters. The molecule has 7 aromatic carbocycles. The smallest absolute Gasteiger partial charge is 0.259 e. The van der Waals surface area contributed by atoms with E-state index >= 15 is 0 Å². The maximum atomic E-state index is 13.2. The first-order valence-corrected chi connectivity index (χ1v) is 49.4. The number of nitrogens with one attached hydrogen (secondary N) is 6. The van der Waals surface area contributed by atoms with Gasteiger partial charge in [0, 0.05) is 97.2 Å². The first-order chi connectivity index (χ1) is 70.2. The van der Waals surface area contributed by atoms with E-state index < -0.39 is 0 Å². The van der Waals surface area contributed by atoms with E-state index in [2.05, 4.69) is 105 Å². The van der Waals surface area contributed by atoms with Gasteiger partial charge in [0.1, 0.15) is 91.5 Å². The molecule has 144 heavy (non-hydrogen) atoms. The molecule has 0 spiro atoms. The third-order valence-electron chi connectivity index (χ3n) is 23.3. The summed E-state index contributed by atoms with van der Waals surface area (Å²) in [5.74, 6) is 5.03. The van der Waals surface area contributed by atoms with E-state index in [4.69, 9.17) is 33.2 Å². The third kappa shape index (κ3) is 35.3. The summed E-state index contributed by atoms with van der Waals surface area (Å²) in [6, 6.07) is 79.7. The minimum absolute atomic E-state index is 0.0548. The van der Waals surface area contributed by atoms with Crippen LogP contribution in [-0.2, 0) is 45.2 Å². The molecule has 2 atom stereocenters. The van der Waals surface area contributed by atoms with Crippen LogP contribution in [0.3, 0.4) is 0 Å². The molecule has 8 aromatic heterocycles. The summed E-state index contributed by atoms with van der Waals surface area (Å²) in [4.78, 5) is 107. The van der Waals surface area contributed by atoms with Crippen molar-refractivity contribution in [3.63, 3.8) is 0 Å². The second kappa shape index (κ2) is 55.8. The Kier molecular flexibility index (Phi) is 40.8. The SMILES string of the molecule is CC(C)CCNC(=O)c1ccc(COc2ccccc2)nc1.COc1cccc(OCc2ccc(C(=O)N[C@H](C)C3CCCCC3)cn2)c1.C[C@@H](NC(=O)c1ccc(COc2cccc(F)c2)nc1)C1CC1.O=C(NC1(c2ccccc2)CCC1)c1ccc(COc2cccc(F)c2)nc1.O=C(Nc1nccs1)c1ccc(COc2ccccc2)nc1.O=C(Nc1nccs1)c1ccc(COc2ccccc2)nc1. The summed E-state index contributed by atoms with van der Waals surface area (Å²) >= 11 is 2.74. The monoisotopic (exact) mass is 1980 g/mol. The van der Waals surface area contributed by atoms with Gasteiger partial charge in [-0.1, -0.05) is 136 Å².